The van der Waals surface area contributed by atoms with Gasteiger partial charge in [-0.1, -0.05) is 0 Å². The number of aromatic nitrogens is 3. The van der Waals surface area contributed by atoms with Crippen LogP contribution in [0.15, 0.2) is 6.07 Å². The summed E-state index contributed by atoms with van der Waals surface area (Å²) >= 11 is 0. The summed E-state index contributed by atoms with van der Waals surface area (Å²) in [6.07, 6.45) is 0. The first kappa shape index (κ1) is 10.1. The average Bonchev–Trinajstić information content (AvgIpc) is 2.42. The van der Waals surface area contributed by atoms with Crippen molar-refractivity contribution in [2.45, 2.75) is 34.2 Å². The van der Waals surface area contributed by atoms with E-state index in [0.717, 1.165) is 17.9 Å². The van der Waals surface area contributed by atoms with Crippen LogP contribution >= 0.6 is 0 Å². The Kier molecular flexibility index (Phi) is 2.25. The Labute approximate surface area is 90.4 Å². The Morgan fingerprint density at radius 2 is 2.00 bits per heavy atom. The lowest BCUT2D eigenvalue weighted by Gasteiger charge is -1.95. The van der Waals surface area contributed by atoms with Crippen molar-refractivity contribution in [2.75, 3.05) is 0 Å². The fraction of sp³-hybridized carbons (Fsp3) is 0.500. The molecular weight excluding hydrogens is 186 g/mol. The molecule has 0 amide bonds. The predicted molar refractivity (Wildman–Crippen MR) is 60.8 cm³/mol. The summed E-state index contributed by atoms with van der Waals surface area (Å²) in [5.41, 5.74) is 4.69. The van der Waals surface area contributed by atoms with Crippen molar-refractivity contribution in [3.05, 3.63) is 23.1 Å². The molecule has 0 N–H and O–H groups in total. The molecule has 0 aliphatic rings. The van der Waals surface area contributed by atoms with Crippen molar-refractivity contribution in [3.8, 4) is 0 Å². The van der Waals surface area contributed by atoms with E-state index in [1.165, 1.54) is 16.9 Å². The zero-order valence-corrected chi connectivity index (χ0v) is 10.1. The summed E-state index contributed by atoms with van der Waals surface area (Å²) in [7, 11) is 2.10. The number of aryl methyl sites for hydroxylation is 4. The van der Waals surface area contributed by atoms with E-state index >= 15 is 0 Å². The number of hydrogen-bond acceptors (Lipinski definition) is 1. The highest BCUT2D eigenvalue weighted by Crippen LogP contribution is 2.14. The van der Waals surface area contributed by atoms with Gasteiger partial charge in [0.15, 0.2) is 5.52 Å². The largest absolute Gasteiger partial charge is 0.302 e. The molecule has 2 heterocycles. The minimum Gasteiger partial charge on any atom is -0.260 e. The molecule has 0 aliphatic carbocycles. The Morgan fingerprint density at radius 3 is 2.60 bits per heavy atom. The van der Waals surface area contributed by atoms with Crippen molar-refractivity contribution in [1.82, 2.24) is 9.55 Å². The Balaban J connectivity index is 2.91. The van der Waals surface area contributed by atoms with Gasteiger partial charge in [-0.05, 0) is 32.4 Å². The van der Waals surface area contributed by atoms with Crippen LogP contribution < -0.4 is 4.57 Å². The third-order valence-corrected chi connectivity index (χ3v) is 3.24. The Morgan fingerprint density at radius 1 is 1.33 bits per heavy atom. The normalized spacial score (nSPS) is 11.3. The summed E-state index contributed by atoms with van der Waals surface area (Å²) in [5.74, 6) is 1.25. The predicted octanol–water partition coefficient (Wildman–Crippen LogP) is 1.81. The van der Waals surface area contributed by atoms with Gasteiger partial charge in [0.05, 0.1) is 13.6 Å². The average molecular weight is 204 g/mol. The van der Waals surface area contributed by atoms with Crippen LogP contribution in [0, 0.1) is 20.8 Å². The van der Waals surface area contributed by atoms with E-state index in [1.54, 1.807) is 0 Å². The smallest absolute Gasteiger partial charge is 0.260 e. The van der Waals surface area contributed by atoms with Crippen molar-refractivity contribution in [2.24, 2.45) is 7.05 Å². The van der Waals surface area contributed by atoms with Crippen LogP contribution in [-0.2, 0) is 13.6 Å². The fourth-order valence-electron chi connectivity index (χ4n) is 2.01. The molecule has 0 saturated carbocycles. The van der Waals surface area contributed by atoms with Gasteiger partial charge >= 0.3 is 5.65 Å². The monoisotopic (exact) mass is 204 g/mol. The highest BCUT2D eigenvalue weighted by atomic mass is 15.2. The fourth-order valence-corrected chi connectivity index (χ4v) is 2.01. The van der Waals surface area contributed by atoms with Crippen LogP contribution in [0.1, 0.15) is 24.0 Å². The Hall–Kier alpha value is -1.38. The minimum absolute atomic E-state index is 0.971. The first-order valence-corrected chi connectivity index (χ1v) is 5.39. The zero-order chi connectivity index (χ0) is 11.2. The van der Waals surface area contributed by atoms with Crippen LogP contribution in [-0.4, -0.2) is 9.55 Å². The molecule has 2 aromatic heterocycles. The van der Waals surface area contributed by atoms with E-state index in [1.807, 2.05) is 0 Å². The van der Waals surface area contributed by atoms with E-state index in [-0.39, 0.29) is 0 Å². The second-order valence-corrected chi connectivity index (χ2v) is 4.08. The minimum atomic E-state index is 0.971. The van der Waals surface area contributed by atoms with E-state index < -0.39 is 0 Å². The van der Waals surface area contributed by atoms with Crippen LogP contribution in [0.2, 0.25) is 0 Å². The van der Waals surface area contributed by atoms with Crippen molar-refractivity contribution >= 4 is 11.2 Å². The van der Waals surface area contributed by atoms with Gasteiger partial charge in [0.2, 0.25) is 5.82 Å². The van der Waals surface area contributed by atoms with Gasteiger partial charge in [0.25, 0.3) is 0 Å². The number of rotatable bonds is 1. The molecule has 2 rings (SSSR count). The van der Waals surface area contributed by atoms with Crippen molar-refractivity contribution in [1.29, 1.82) is 0 Å². The maximum Gasteiger partial charge on any atom is 0.302 e. The van der Waals surface area contributed by atoms with Gasteiger partial charge in [-0.25, -0.2) is 4.57 Å². The maximum absolute atomic E-state index is 4.67. The third-order valence-electron chi connectivity index (χ3n) is 3.24. The molecular formula is C12H18N3+. The summed E-state index contributed by atoms with van der Waals surface area (Å²) in [4.78, 5) is 4.67. The molecule has 0 bridgehead atoms. The maximum atomic E-state index is 4.67. The lowest BCUT2D eigenvalue weighted by atomic mass is 10.2. The second-order valence-electron chi connectivity index (χ2n) is 4.08. The number of pyridine rings is 1. The molecule has 0 spiro atoms. The van der Waals surface area contributed by atoms with E-state index in [2.05, 4.69) is 54.9 Å². The number of imidazole rings is 1. The summed E-state index contributed by atoms with van der Waals surface area (Å²) in [5, 5.41) is 0. The molecule has 0 aromatic carbocycles. The molecule has 80 valence electrons. The first-order valence-electron chi connectivity index (χ1n) is 5.39. The van der Waals surface area contributed by atoms with Gasteiger partial charge in [0.1, 0.15) is 5.69 Å². The SMILES string of the molecule is CC[n+]1c(C)n(C)c2cc(C)c(C)nc21. The standard InChI is InChI=1S/C12H18N3/c1-6-15-10(4)14(5)11-7-8(2)9(3)13-12(11)15/h7H,6H2,1-5H3/q+1. The van der Waals surface area contributed by atoms with Crippen LogP contribution in [0.4, 0.5) is 0 Å². The molecule has 3 heteroatoms. The van der Waals surface area contributed by atoms with Crippen LogP contribution in [0.3, 0.4) is 0 Å². The van der Waals surface area contributed by atoms with Gasteiger partial charge < -0.3 is 0 Å². The zero-order valence-electron chi connectivity index (χ0n) is 10.1. The highest BCUT2D eigenvalue weighted by Gasteiger charge is 2.19. The van der Waals surface area contributed by atoms with Crippen molar-refractivity contribution in [3.63, 3.8) is 0 Å². The molecule has 0 atom stereocenters. The molecule has 15 heavy (non-hydrogen) atoms. The molecule has 0 fully saturated rings. The molecule has 3 nitrogen and oxygen atoms in total. The summed E-state index contributed by atoms with van der Waals surface area (Å²) in [6, 6.07) is 2.22. The van der Waals surface area contributed by atoms with E-state index in [0.29, 0.717) is 0 Å². The molecule has 0 saturated heterocycles. The molecule has 0 unspecified atom stereocenters. The molecule has 2 aromatic rings. The number of fused-ring (bicyclic) bond motifs is 1. The summed E-state index contributed by atoms with van der Waals surface area (Å²) in [6.45, 7) is 9.44. The second kappa shape index (κ2) is 3.33. The van der Waals surface area contributed by atoms with E-state index in [4.69, 9.17) is 0 Å². The highest BCUT2D eigenvalue weighted by molar-refractivity contribution is 5.69. The first-order chi connectivity index (χ1) is 7.06. The topological polar surface area (TPSA) is 21.7 Å². The van der Waals surface area contributed by atoms with Gasteiger partial charge in [-0.2, -0.15) is 0 Å². The van der Waals surface area contributed by atoms with Crippen LogP contribution in [0.25, 0.3) is 11.2 Å². The third kappa shape index (κ3) is 1.34. The number of hydrogen-bond donors (Lipinski definition) is 0. The molecule has 0 aliphatic heterocycles. The van der Waals surface area contributed by atoms with E-state index in [9.17, 15) is 0 Å². The lowest BCUT2D eigenvalue weighted by molar-refractivity contribution is -0.676. The van der Waals surface area contributed by atoms with Gasteiger partial charge in [-0.3, -0.25) is 4.57 Å². The molecule has 0 radical (unpaired) electrons. The number of nitrogens with zero attached hydrogens (tertiary/aromatic N) is 3. The van der Waals surface area contributed by atoms with Crippen molar-refractivity contribution < 1.29 is 4.57 Å². The lowest BCUT2D eigenvalue weighted by Crippen LogP contribution is -2.35. The quantitative estimate of drug-likeness (QED) is 0.649. The Bertz CT molecular complexity index is 523. The van der Waals surface area contributed by atoms with Gasteiger partial charge in [-0.15, -0.1) is 4.98 Å². The summed E-state index contributed by atoms with van der Waals surface area (Å²) < 4.78 is 4.46. The van der Waals surface area contributed by atoms with Gasteiger partial charge in [0, 0.05) is 6.92 Å². The van der Waals surface area contributed by atoms with Crippen LogP contribution in [0.5, 0.6) is 0 Å².